The Balaban J connectivity index is 1.20. The van der Waals surface area contributed by atoms with Crippen LogP contribution < -0.4 is 5.32 Å². The van der Waals surface area contributed by atoms with E-state index in [4.69, 9.17) is 4.74 Å². The first-order valence-corrected chi connectivity index (χ1v) is 13.4. The normalized spacial score (nSPS) is 23.4. The van der Waals surface area contributed by atoms with Crippen LogP contribution in [0.2, 0.25) is 0 Å². The number of thioether (sulfide) groups is 1. The minimum atomic E-state index is -0.958. The Morgan fingerprint density at radius 3 is 2.34 bits per heavy atom. The first-order chi connectivity index (χ1) is 17.0. The van der Waals surface area contributed by atoms with Crippen molar-refractivity contribution in [1.82, 2.24) is 10.2 Å². The number of rotatable bonds is 6. The quantitative estimate of drug-likeness (QED) is 0.616. The largest absolute Gasteiger partial charge is 0.480 e. The number of fused-ring (bicyclic) bond motifs is 3. The van der Waals surface area contributed by atoms with Gasteiger partial charge in [0.05, 0.1) is 5.88 Å². The second-order valence-corrected chi connectivity index (χ2v) is 10.5. The summed E-state index contributed by atoms with van der Waals surface area (Å²) in [7, 11) is 0. The standard InChI is InChI=1S/C27H30N2O5S/c30-25(29-16-35-15-24(29)26(31)32)13-17-7-1-6-12-23(17)28-27(33)34-14-22-20-10-4-2-8-18(20)19-9-3-5-11-21(19)22/h2-5,8-11,17,22-24H,1,6-7,12-16H2,(H,28,33)(H,31,32)/t17-,23-,24-/m0/s1. The summed E-state index contributed by atoms with van der Waals surface area (Å²) < 4.78 is 5.72. The molecule has 2 N–H and O–H groups in total. The van der Waals surface area contributed by atoms with Crippen LogP contribution in [0.25, 0.3) is 11.1 Å². The number of benzene rings is 2. The van der Waals surface area contributed by atoms with Gasteiger partial charge in [-0.05, 0) is 41.0 Å². The smallest absolute Gasteiger partial charge is 0.407 e. The average Bonchev–Trinajstić information content (AvgIpc) is 3.48. The highest BCUT2D eigenvalue weighted by atomic mass is 32.2. The Bertz CT molecular complexity index is 1080. The van der Waals surface area contributed by atoms with Crippen LogP contribution in [0.3, 0.4) is 0 Å². The fourth-order valence-electron chi connectivity index (χ4n) is 5.67. The number of amides is 2. The highest BCUT2D eigenvalue weighted by molar-refractivity contribution is 7.99. The topological polar surface area (TPSA) is 95.9 Å². The van der Waals surface area contributed by atoms with Crippen molar-refractivity contribution in [3.63, 3.8) is 0 Å². The van der Waals surface area contributed by atoms with Gasteiger partial charge in [-0.2, -0.15) is 0 Å². The molecular formula is C27H30N2O5S. The van der Waals surface area contributed by atoms with E-state index in [2.05, 4.69) is 29.6 Å². The van der Waals surface area contributed by atoms with E-state index in [-0.39, 0.29) is 36.8 Å². The van der Waals surface area contributed by atoms with Gasteiger partial charge in [-0.1, -0.05) is 61.4 Å². The van der Waals surface area contributed by atoms with Crippen molar-refractivity contribution in [3.05, 3.63) is 59.7 Å². The highest BCUT2D eigenvalue weighted by Gasteiger charge is 2.37. The van der Waals surface area contributed by atoms with Crippen molar-refractivity contribution >= 4 is 29.7 Å². The van der Waals surface area contributed by atoms with Crippen LogP contribution in [0.4, 0.5) is 4.79 Å². The monoisotopic (exact) mass is 494 g/mol. The summed E-state index contributed by atoms with van der Waals surface area (Å²) in [4.78, 5) is 38.6. The van der Waals surface area contributed by atoms with E-state index >= 15 is 0 Å². The van der Waals surface area contributed by atoms with Crippen LogP contribution in [0.5, 0.6) is 0 Å². The second-order valence-electron chi connectivity index (χ2n) is 9.54. The average molecular weight is 495 g/mol. The van der Waals surface area contributed by atoms with Gasteiger partial charge in [-0.15, -0.1) is 11.8 Å². The molecule has 3 atom stereocenters. The number of hydrogen-bond donors (Lipinski definition) is 2. The zero-order valence-electron chi connectivity index (χ0n) is 19.5. The van der Waals surface area contributed by atoms with E-state index in [9.17, 15) is 19.5 Å². The Morgan fingerprint density at radius 1 is 1.00 bits per heavy atom. The maximum atomic E-state index is 12.9. The zero-order valence-corrected chi connectivity index (χ0v) is 20.3. The van der Waals surface area contributed by atoms with Gasteiger partial charge in [-0.3, -0.25) is 4.79 Å². The Morgan fingerprint density at radius 2 is 1.66 bits per heavy atom. The molecule has 1 saturated heterocycles. The summed E-state index contributed by atoms with van der Waals surface area (Å²) in [6, 6.07) is 15.5. The van der Waals surface area contributed by atoms with Gasteiger partial charge in [0.2, 0.25) is 5.91 Å². The summed E-state index contributed by atoms with van der Waals surface area (Å²) in [6.07, 6.45) is 3.39. The summed E-state index contributed by atoms with van der Waals surface area (Å²) >= 11 is 1.46. The fourth-order valence-corrected chi connectivity index (χ4v) is 6.84. The molecule has 3 aliphatic rings. The number of ether oxygens (including phenoxy) is 1. The Labute approximate surface area is 209 Å². The molecule has 5 rings (SSSR count). The lowest BCUT2D eigenvalue weighted by Gasteiger charge is -2.33. The van der Waals surface area contributed by atoms with Gasteiger partial charge in [0, 0.05) is 24.1 Å². The lowest BCUT2D eigenvalue weighted by molar-refractivity contribution is -0.148. The predicted octanol–water partition coefficient (Wildman–Crippen LogP) is 4.46. The molecular weight excluding hydrogens is 464 g/mol. The van der Waals surface area contributed by atoms with Gasteiger partial charge < -0.3 is 20.1 Å². The van der Waals surface area contributed by atoms with E-state index in [0.29, 0.717) is 11.6 Å². The third-order valence-corrected chi connectivity index (χ3v) is 8.49. The van der Waals surface area contributed by atoms with Crippen molar-refractivity contribution in [3.8, 4) is 11.1 Å². The molecule has 2 amide bonds. The first-order valence-electron chi connectivity index (χ1n) is 12.2. The Kier molecular flexibility index (Phi) is 7.00. The van der Waals surface area contributed by atoms with Gasteiger partial charge in [0.15, 0.2) is 0 Å². The van der Waals surface area contributed by atoms with Gasteiger partial charge in [0.25, 0.3) is 0 Å². The minimum absolute atomic E-state index is 0.00232. The second kappa shape index (κ2) is 10.3. The number of carbonyl (C=O) groups is 3. The molecule has 7 nitrogen and oxygen atoms in total. The van der Waals surface area contributed by atoms with Crippen LogP contribution in [0.15, 0.2) is 48.5 Å². The summed E-state index contributed by atoms with van der Waals surface area (Å²) in [6.45, 7) is 0.251. The number of aliphatic carboxylic acids is 1. The predicted molar refractivity (Wildman–Crippen MR) is 134 cm³/mol. The maximum absolute atomic E-state index is 12.9. The van der Waals surface area contributed by atoms with E-state index in [1.165, 1.54) is 38.9 Å². The molecule has 1 aliphatic heterocycles. The first kappa shape index (κ1) is 23.7. The molecule has 0 spiro atoms. The molecule has 0 radical (unpaired) electrons. The number of hydrogen-bond acceptors (Lipinski definition) is 5. The van der Waals surface area contributed by atoms with Crippen molar-refractivity contribution in [2.75, 3.05) is 18.2 Å². The summed E-state index contributed by atoms with van der Waals surface area (Å²) in [5, 5.41) is 12.4. The van der Waals surface area contributed by atoms with Gasteiger partial charge in [0.1, 0.15) is 12.6 Å². The summed E-state index contributed by atoms with van der Waals surface area (Å²) in [5.74, 6) is -0.289. The molecule has 0 aromatic heterocycles. The van der Waals surface area contributed by atoms with Crippen LogP contribution in [-0.2, 0) is 14.3 Å². The number of carbonyl (C=O) groups excluding carboxylic acids is 2. The van der Waals surface area contributed by atoms with Gasteiger partial charge in [-0.25, -0.2) is 9.59 Å². The molecule has 1 saturated carbocycles. The van der Waals surface area contributed by atoms with E-state index in [1.54, 1.807) is 0 Å². The van der Waals surface area contributed by atoms with E-state index in [0.717, 1.165) is 25.7 Å². The number of carboxylic acid groups (broad SMARTS) is 1. The lowest BCUT2D eigenvalue weighted by Crippen LogP contribution is -2.46. The molecule has 35 heavy (non-hydrogen) atoms. The van der Waals surface area contributed by atoms with Crippen molar-refractivity contribution in [2.45, 2.75) is 50.1 Å². The number of alkyl carbamates (subject to hydrolysis) is 1. The fraction of sp³-hybridized carbons (Fsp3) is 0.444. The van der Waals surface area contributed by atoms with E-state index in [1.807, 2.05) is 24.3 Å². The maximum Gasteiger partial charge on any atom is 0.407 e. The molecule has 8 heteroatoms. The third-order valence-electron chi connectivity index (χ3n) is 7.48. The molecule has 2 fully saturated rings. The molecule has 1 heterocycles. The Hall–Kier alpha value is -3.00. The van der Waals surface area contributed by atoms with Crippen LogP contribution in [-0.4, -0.2) is 58.3 Å². The molecule has 2 aromatic carbocycles. The van der Waals surface area contributed by atoms with Gasteiger partial charge >= 0.3 is 12.1 Å². The van der Waals surface area contributed by atoms with Crippen LogP contribution >= 0.6 is 11.8 Å². The number of nitrogens with zero attached hydrogens (tertiary/aromatic N) is 1. The van der Waals surface area contributed by atoms with Crippen molar-refractivity contribution in [2.24, 2.45) is 5.92 Å². The van der Waals surface area contributed by atoms with Crippen molar-refractivity contribution in [1.29, 1.82) is 0 Å². The molecule has 0 bridgehead atoms. The third kappa shape index (κ3) is 4.89. The van der Waals surface area contributed by atoms with Crippen molar-refractivity contribution < 1.29 is 24.2 Å². The highest BCUT2D eigenvalue weighted by Crippen LogP contribution is 2.44. The molecule has 2 aromatic rings. The molecule has 0 unspecified atom stereocenters. The van der Waals surface area contributed by atoms with E-state index < -0.39 is 18.1 Å². The lowest BCUT2D eigenvalue weighted by atomic mass is 9.82. The number of carboxylic acids is 1. The zero-order chi connectivity index (χ0) is 24.4. The minimum Gasteiger partial charge on any atom is -0.480 e. The molecule has 2 aliphatic carbocycles. The van der Waals surface area contributed by atoms with Crippen LogP contribution in [0, 0.1) is 5.92 Å². The van der Waals surface area contributed by atoms with Crippen LogP contribution in [0.1, 0.15) is 49.1 Å². The number of nitrogens with one attached hydrogen (secondary N) is 1. The summed E-state index contributed by atoms with van der Waals surface area (Å²) in [5.41, 5.74) is 4.70. The SMILES string of the molecule is O=C(N[C@H]1CCCC[C@H]1CC(=O)N1CSC[C@H]1C(=O)O)OCC1c2ccccc2-c2ccccc21. The molecule has 184 valence electrons.